The number of halogens is 5. The summed E-state index contributed by atoms with van der Waals surface area (Å²) in [5.41, 5.74) is -2.81. The van der Waals surface area contributed by atoms with Crippen LogP contribution in [0.2, 0.25) is 0 Å². The summed E-state index contributed by atoms with van der Waals surface area (Å²) in [6.45, 7) is 1.69. The number of aliphatic hydroxyl groups is 1. The fraction of sp³-hybridized carbons (Fsp3) is 0.560. The molecule has 6 nitrogen and oxygen atoms in total. The molecule has 210 valence electrons. The molecule has 1 aliphatic carbocycles. The minimum absolute atomic E-state index is 0.0565. The number of rotatable bonds is 6. The number of hydrogen-bond donors (Lipinski definition) is 1. The first-order chi connectivity index (χ1) is 17.6. The molecule has 1 N–H and O–H groups in total. The van der Waals surface area contributed by atoms with Crippen LogP contribution in [0.4, 0.5) is 27.6 Å². The average Bonchev–Trinajstić information content (AvgIpc) is 2.85. The van der Waals surface area contributed by atoms with Crippen LogP contribution in [0.25, 0.3) is 0 Å². The third kappa shape index (κ3) is 5.96. The molecule has 2 saturated heterocycles. The van der Waals surface area contributed by atoms with E-state index in [-0.39, 0.29) is 56.0 Å². The summed E-state index contributed by atoms with van der Waals surface area (Å²) >= 11 is 5.28. The standard InChI is InChI=1S/C25H30F5N3O3S2/c1-23(34,25(28,29)30)18-6-8-19(9-7-18)33-15-14-32(38(35,36)22-5-3-2-4-21(22)37)17-20(33)16-31-12-10-24(26,27)11-13-31/h2-3,5-9,20,34H,4,10-17H2,1H3/t20-,23+/m0/s1. The predicted molar refractivity (Wildman–Crippen MR) is 139 cm³/mol. The molecule has 0 spiro atoms. The highest BCUT2D eigenvalue weighted by Crippen LogP contribution is 2.39. The van der Waals surface area contributed by atoms with E-state index < -0.39 is 33.8 Å². The second-order valence-corrected chi connectivity index (χ2v) is 12.5. The second-order valence-electron chi connectivity index (χ2n) is 10.1. The van der Waals surface area contributed by atoms with Crippen molar-refractivity contribution in [3.63, 3.8) is 0 Å². The van der Waals surface area contributed by atoms with Crippen molar-refractivity contribution in [2.75, 3.05) is 44.2 Å². The Hall–Kier alpha value is -1.93. The van der Waals surface area contributed by atoms with Crippen LogP contribution in [-0.2, 0) is 15.6 Å². The largest absolute Gasteiger partial charge is 0.421 e. The zero-order valence-corrected chi connectivity index (χ0v) is 22.4. The Morgan fingerprint density at radius 1 is 1.08 bits per heavy atom. The lowest BCUT2D eigenvalue weighted by Crippen LogP contribution is -2.59. The fourth-order valence-corrected chi connectivity index (χ4v) is 7.01. The van der Waals surface area contributed by atoms with E-state index in [1.165, 1.54) is 34.6 Å². The van der Waals surface area contributed by atoms with Gasteiger partial charge in [0.05, 0.1) is 10.9 Å². The molecular weight excluding hydrogens is 549 g/mol. The Bertz CT molecular complexity index is 1200. The lowest BCUT2D eigenvalue weighted by molar-refractivity contribution is -0.258. The molecule has 13 heteroatoms. The van der Waals surface area contributed by atoms with Gasteiger partial charge in [0.2, 0.25) is 10.0 Å². The molecule has 2 fully saturated rings. The molecule has 0 bridgehead atoms. The number of piperidine rings is 1. The molecule has 2 atom stereocenters. The van der Waals surface area contributed by atoms with Crippen molar-refractivity contribution in [2.45, 2.75) is 49.9 Å². The first kappa shape index (κ1) is 29.1. The maximum absolute atomic E-state index is 13.7. The van der Waals surface area contributed by atoms with Crippen LogP contribution in [0, 0.1) is 0 Å². The number of likely N-dealkylation sites (tertiary alicyclic amines) is 1. The fourth-order valence-electron chi connectivity index (χ4n) is 4.94. The van der Waals surface area contributed by atoms with Gasteiger partial charge in [-0.05, 0) is 30.7 Å². The van der Waals surface area contributed by atoms with Gasteiger partial charge in [0.1, 0.15) is 0 Å². The Balaban J connectivity index is 1.59. The maximum Gasteiger partial charge on any atom is 0.421 e. The number of alkyl halides is 5. The molecular formula is C25H30F5N3O3S2. The molecule has 0 unspecified atom stereocenters. The minimum atomic E-state index is -4.86. The zero-order valence-electron chi connectivity index (χ0n) is 20.8. The Kier molecular flexibility index (Phi) is 8.08. The topological polar surface area (TPSA) is 64.1 Å². The van der Waals surface area contributed by atoms with Crippen molar-refractivity contribution in [1.82, 2.24) is 9.21 Å². The van der Waals surface area contributed by atoms with E-state index in [4.69, 9.17) is 12.2 Å². The summed E-state index contributed by atoms with van der Waals surface area (Å²) in [5.74, 6) is -2.74. The highest BCUT2D eigenvalue weighted by Gasteiger charge is 2.51. The lowest BCUT2D eigenvalue weighted by Gasteiger charge is -2.45. The van der Waals surface area contributed by atoms with Gasteiger partial charge in [-0.25, -0.2) is 17.2 Å². The molecule has 0 saturated carbocycles. The predicted octanol–water partition coefficient (Wildman–Crippen LogP) is 4.22. The molecule has 1 aromatic rings. The Labute approximate surface area is 224 Å². The summed E-state index contributed by atoms with van der Waals surface area (Å²) in [6.07, 6.45) is -0.222. The van der Waals surface area contributed by atoms with Crippen molar-refractivity contribution < 1.29 is 35.5 Å². The molecule has 3 aliphatic rings. The van der Waals surface area contributed by atoms with Crippen LogP contribution < -0.4 is 4.90 Å². The minimum Gasteiger partial charge on any atom is -0.376 e. The number of thiocarbonyl (C=S) groups is 1. The van der Waals surface area contributed by atoms with Crippen LogP contribution in [0.3, 0.4) is 0 Å². The van der Waals surface area contributed by atoms with Crippen molar-refractivity contribution in [1.29, 1.82) is 0 Å². The van der Waals surface area contributed by atoms with Gasteiger partial charge in [-0.3, -0.25) is 0 Å². The van der Waals surface area contributed by atoms with Gasteiger partial charge < -0.3 is 14.9 Å². The third-order valence-electron chi connectivity index (χ3n) is 7.39. The monoisotopic (exact) mass is 579 g/mol. The quantitative estimate of drug-likeness (QED) is 0.402. The van der Waals surface area contributed by atoms with Crippen LogP contribution >= 0.6 is 12.2 Å². The number of anilines is 1. The van der Waals surface area contributed by atoms with Crippen molar-refractivity contribution in [3.8, 4) is 0 Å². The highest BCUT2D eigenvalue weighted by molar-refractivity contribution is 7.96. The van der Waals surface area contributed by atoms with Gasteiger partial charge in [-0.15, -0.1) is 0 Å². The molecule has 4 rings (SSSR count). The molecule has 1 aromatic carbocycles. The number of piperazine rings is 1. The highest BCUT2D eigenvalue weighted by atomic mass is 32.2. The van der Waals surface area contributed by atoms with Crippen molar-refractivity contribution in [3.05, 3.63) is 53.0 Å². The summed E-state index contributed by atoms with van der Waals surface area (Å²) < 4.78 is 95.5. The summed E-state index contributed by atoms with van der Waals surface area (Å²) in [6, 6.07) is 4.86. The van der Waals surface area contributed by atoms with E-state index in [1.807, 2.05) is 9.80 Å². The normalized spacial score (nSPS) is 25.2. The van der Waals surface area contributed by atoms with Gasteiger partial charge >= 0.3 is 6.18 Å². The number of nitrogens with zero attached hydrogens (tertiary/aromatic N) is 3. The first-order valence-electron chi connectivity index (χ1n) is 12.3. The summed E-state index contributed by atoms with van der Waals surface area (Å²) in [7, 11) is -3.90. The van der Waals surface area contributed by atoms with Gasteiger partial charge in [0, 0.05) is 69.1 Å². The number of allylic oxidation sites excluding steroid dienone is 4. The molecule has 2 aliphatic heterocycles. The summed E-state index contributed by atoms with van der Waals surface area (Å²) in [5, 5.41) is 10.0. The lowest BCUT2D eigenvalue weighted by atomic mass is 9.95. The van der Waals surface area contributed by atoms with Gasteiger partial charge in [0.15, 0.2) is 5.60 Å². The third-order valence-corrected chi connectivity index (χ3v) is 9.86. The van der Waals surface area contributed by atoms with Crippen LogP contribution in [0.1, 0.15) is 31.7 Å². The molecule has 0 radical (unpaired) electrons. The number of hydrogen-bond acceptors (Lipinski definition) is 6. The Morgan fingerprint density at radius 3 is 2.29 bits per heavy atom. The van der Waals surface area contributed by atoms with Gasteiger partial charge in [-0.2, -0.15) is 17.5 Å². The maximum atomic E-state index is 13.7. The molecule has 0 amide bonds. The SMILES string of the molecule is C[C@@](O)(c1ccc(N2CCN(S(=O)(=O)C3=CC=CCC3=S)C[C@@H]2CN2CCC(F)(F)CC2)cc1)C(F)(F)F. The smallest absolute Gasteiger partial charge is 0.376 e. The first-order valence-corrected chi connectivity index (χ1v) is 14.1. The van der Waals surface area contributed by atoms with E-state index in [0.29, 0.717) is 30.4 Å². The number of benzene rings is 1. The van der Waals surface area contributed by atoms with E-state index in [1.54, 1.807) is 12.2 Å². The van der Waals surface area contributed by atoms with Crippen LogP contribution in [0.5, 0.6) is 0 Å². The van der Waals surface area contributed by atoms with Crippen molar-refractivity contribution >= 4 is 32.8 Å². The zero-order chi connectivity index (χ0) is 27.9. The molecule has 0 aromatic heterocycles. The molecule has 38 heavy (non-hydrogen) atoms. The van der Waals surface area contributed by atoms with E-state index in [0.717, 1.165) is 0 Å². The average molecular weight is 580 g/mol. The van der Waals surface area contributed by atoms with Gasteiger partial charge in [0.25, 0.3) is 5.92 Å². The second kappa shape index (κ2) is 10.6. The van der Waals surface area contributed by atoms with Crippen LogP contribution in [-0.4, -0.2) is 85.0 Å². The van der Waals surface area contributed by atoms with E-state index in [9.17, 15) is 35.5 Å². The summed E-state index contributed by atoms with van der Waals surface area (Å²) in [4.78, 5) is 4.13. The van der Waals surface area contributed by atoms with Gasteiger partial charge in [-0.1, -0.05) is 36.5 Å². The van der Waals surface area contributed by atoms with Crippen molar-refractivity contribution in [2.24, 2.45) is 0 Å². The van der Waals surface area contributed by atoms with Crippen LogP contribution in [0.15, 0.2) is 47.4 Å². The number of sulfonamides is 1. The molecule has 2 heterocycles. The Morgan fingerprint density at radius 2 is 1.71 bits per heavy atom. The van der Waals surface area contributed by atoms with E-state index in [2.05, 4.69) is 0 Å². The van der Waals surface area contributed by atoms with E-state index >= 15 is 0 Å².